The number of sulfonamides is 1. The average Bonchev–Trinajstić information content (AvgIpc) is 2.52. The lowest BCUT2D eigenvalue weighted by atomic mass is 10.1. The quantitative estimate of drug-likeness (QED) is 0.743. The Balaban J connectivity index is 2.19. The van der Waals surface area contributed by atoms with Crippen molar-refractivity contribution in [2.24, 2.45) is 5.92 Å². The van der Waals surface area contributed by atoms with Gasteiger partial charge in [-0.1, -0.05) is 35.8 Å². The Hall–Kier alpha value is -1.77. The topological polar surface area (TPSA) is 88.2 Å². The maximum atomic E-state index is 12.5. The molecule has 6 nitrogen and oxygen atoms in total. The fourth-order valence-corrected chi connectivity index (χ4v) is 3.77. The molecule has 134 valence electrons. The molecule has 0 spiro atoms. The van der Waals surface area contributed by atoms with E-state index in [1.54, 1.807) is 38.1 Å². The summed E-state index contributed by atoms with van der Waals surface area (Å²) in [6.07, 6.45) is 0. The van der Waals surface area contributed by atoms with Gasteiger partial charge in [0.2, 0.25) is 15.9 Å². The first-order valence-electron chi connectivity index (χ1n) is 7.71. The van der Waals surface area contributed by atoms with Crippen LogP contribution in [0.2, 0.25) is 0 Å². The second-order valence-electron chi connectivity index (χ2n) is 5.95. The second-order valence-corrected chi connectivity index (χ2v) is 8.58. The molecule has 2 N–H and O–H groups in total. The van der Waals surface area contributed by atoms with Crippen molar-refractivity contribution in [2.45, 2.75) is 31.7 Å². The molecule has 1 aromatic carbocycles. The fourth-order valence-electron chi connectivity index (χ4n) is 2.16. The molecule has 0 aliphatic heterocycles. The highest BCUT2D eigenvalue weighted by Gasteiger charge is 2.28. The number of aryl methyl sites for hydroxylation is 1. The number of amides is 1. The van der Waals surface area contributed by atoms with Crippen molar-refractivity contribution in [1.29, 1.82) is 0 Å². The number of halogens is 1. The molecule has 0 unspecified atom stereocenters. The minimum atomic E-state index is -3.82. The normalized spacial score (nSPS) is 12.8. The summed E-state index contributed by atoms with van der Waals surface area (Å²) in [5, 5.41) is 2.66. The molecule has 0 radical (unpaired) electrons. The van der Waals surface area contributed by atoms with Crippen LogP contribution in [0.1, 0.15) is 19.5 Å². The molecule has 25 heavy (non-hydrogen) atoms. The molecule has 0 bridgehead atoms. The summed E-state index contributed by atoms with van der Waals surface area (Å²) in [6.45, 7) is 5.36. The summed E-state index contributed by atoms with van der Waals surface area (Å²) in [6, 6.07) is 10.5. The van der Waals surface area contributed by atoms with Crippen LogP contribution < -0.4 is 10.0 Å². The summed E-state index contributed by atoms with van der Waals surface area (Å²) >= 11 is 3.27. The average molecular weight is 426 g/mol. The molecule has 0 fully saturated rings. The van der Waals surface area contributed by atoms with Crippen LogP contribution >= 0.6 is 15.9 Å². The van der Waals surface area contributed by atoms with Gasteiger partial charge in [-0.2, -0.15) is 4.72 Å². The number of hydrogen-bond acceptors (Lipinski definition) is 4. The first kappa shape index (κ1) is 19.6. The molecule has 2 aromatic rings. The Morgan fingerprint density at radius 3 is 2.32 bits per heavy atom. The lowest BCUT2D eigenvalue weighted by Gasteiger charge is -2.21. The van der Waals surface area contributed by atoms with Crippen LogP contribution in [0.25, 0.3) is 0 Å². The fraction of sp³-hybridized carbons (Fsp3) is 0.294. The van der Waals surface area contributed by atoms with Gasteiger partial charge in [-0.15, -0.1) is 0 Å². The SMILES string of the molecule is Cc1cccc(NC(=O)[C@@H](NS(=O)(=O)c2ccc(Br)cc2)C(C)C)n1. The molecular weight excluding hydrogens is 406 g/mol. The number of anilines is 1. The minimum Gasteiger partial charge on any atom is -0.309 e. The van der Waals surface area contributed by atoms with Gasteiger partial charge in [0.05, 0.1) is 4.90 Å². The Morgan fingerprint density at radius 1 is 1.12 bits per heavy atom. The molecule has 0 aliphatic carbocycles. The third kappa shape index (κ3) is 5.35. The first-order valence-corrected chi connectivity index (χ1v) is 9.99. The molecule has 8 heteroatoms. The van der Waals surface area contributed by atoms with E-state index in [1.165, 1.54) is 12.1 Å². The van der Waals surface area contributed by atoms with E-state index < -0.39 is 22.0 Å². The smallest absolute Gasteiger partial charge is 0.243 e. The number of carbonyl (C=O) groups excluding carboxylic acids is 1. The van der Waals surface area contributed by atoms with Crippen LogP contribution in [0.3, 0.4) is 0 Å². The zero-order valence-electron chi connectivity index (χ0n) is 14.2. The van der Waals surface area contributed by atoms with Crippen LogP contribution in [0.4, 0.5) is 5.82 Å². The van der Waals surface area contributed by atoms with E-state index in [4.69, 9.17) is 0 Å². The van der Waals surface area contributed by atoms with Gasteiger partial charge in [-0.05, 0) is 49.2 Å². The summed E-state index contributed by atoms with van der Waals surface area (Å²) in [7, 11) is -3.82. The Kier molecular flexibility index (Phi) is 6.31. The molecule has 1 atom stereocenters. The predicted octanol–water partition coefficient (Wildman–Crippen LogP) is 3.09. The van der Waals surface area contributed by atoms with Crippen molar-refractivity contribution in [1.82, 2.24) is 9.71 Å². The molecule has 0 saturated carbocycles. The van der Waals surface area contributed by atoms with Gasteiger partial charge in [0.1, 0.15) is 11.9 Å². The molecule has 0 saturated heterocycles. The van der Waals surface area contributed by atoms with Gasteiger partial charge in [0.15, 0.2) is 0 Å². The summed E-state index contributed by atoms with van der Waals surface area (Å²) < 4.78 is 28.3. The molecule has 1 heterocycles. The van der Waals surface area contributed by atoms with Crippen molar-refractivity contribution >= 4 is 37.7 Å². The van der Waals surface area contributed by atoms with Gasteiger partial charge in [0, 0.05) is 10.2 Å². The number of nitrogens with zero attached hydrogens (tertiary/aromatic N) is 1. The number of pyridine rings is 1. The molecule has 1 aromatic heterocycles. The Bertz CT molecular complexity index is 852. The van der Waals surface area contributed by atoms with E-state index in [1.807, 2.05) is 13.0 Å². The van der Waals surface area contributed by atoms with E-state index >= 15 is 0 Å². The molecule has 0 aliphatic rings. The van der Waals surface area contributed by atoms with E-state index in [2.05, 4.69) is 31.0 Å². The lowest BCUT2D eigenvalue weighted by Crippen LogP contribution is -2.47. The van der Waals surface area contributed by atoms with Crippen molar-refractivity contribution in [3.05, 3.63) is 52.6 Å². The summed E-state index contributed by atoms with van der Waals surface area (Å²) in [4.78, 5) is 16.8. The number of nitrogens with one attached hydrogen (secondary N) is 2. The van der Waals surface area contributed by atoms with Gasteiger partial charge < -0.3 is 5.32 Å². The zero-order chi connectivity index (χ0) is 18.6. The number of aromatic nitrogens is 1. The number of benzene rings is 1. The number of hydrogen-bond donors (Lipinski definition) is 2. The highest BCUT2D eigenvalue weighted by Crippen LogP contribution is 2.16. The summed E-state index contributed by atoms with van der Waals surface area (Å²) in [5.41, 5.74) is 0.759. The largest absolute Gasteiger partial charge is 0.309 e. The van der Waals surface area contributed by atoms with Gasteiger partial charge in [-0.3, -0.25) is 4.79 Å². The highest BCUT2D eigenvalue weighted by molar-refractivity contribution is 9.10. The molecular formula is C17H20BrN3O3S. The maximum Gasteiger partial charge on any atom is 0.243 e. The third-order valence-electron chi connectivity index (χ3n) is 3.49. The molecule has 1 amide bonds. The zero-order valence-corrected chi connectivity index (χ0v) is 16.6. The molecule has 2 rings (SSSR count). The monoisotopic (exact) mass is 425 g/mol. The predicted molar refractivity (Wildman–Crippen MR) is 101 cm³/mol. The van der Waals surface area contributed by atoms with Crippen LogP contribution in [-0.2, 0) is 14.8 Å². The van der Waals surface area contributed by atoms with E-state index in [-0.39, 0.29) is 10.8 Å². The number of rotatable bonds is 6. The highest BCUT2D eigenvalue weighted by atomic mass is 79.9. The lowest BCUT2D eigenvalue weighted by molar-refractivity contribution is -0.118. The van der Waals surface area contributed by atoms with E-state index in [0.717, 1.165) is 10.2 Å². The number of carbonyl (C=O) groups is 1. The van der Waals surface area contributed by atoms with E-state index in [0.29, 0.717) is 5.82 Å². The van der Waals surface area contributed by atoms with Gasteiger partial charge in [-0.25, -0.2) is 13.4 Å². The van der Waals surface area contributed by atoms with Crippen LogP contribution in [0.15, 0.2) is 51.8 Å². The summed E-state index contributed by atoms with van der Waals surface area (Å²) in [5.74, 6) is -0.303. The standard InChI is InChI=1S/C17H20BrN3O3S/c1-11(2)16(17(22)20-15-6-4-5-12(3)19-15)21-25(23,24)14-9-7-13(18)8-10-14/h4-11,16,21H,1-3H3,(H,19,20,22)/t16-/m0/s1. The Labute approximate surface area is 156 Å². The Morgan fingerprint density at radius 2 is 1.76 bits per heavy atom. The maximum absolute atomic E-state index is 12.5. The first-order chi connectivity index (χ1) is 11.7. The van der Waals surface area contributed by atoms with Crippen molar-refractivity contribution < 1.29 is 13.2 Å². The van der Waals surface area contributed by atoms with Crippen molar-refractivity contribution in [2.75, 3.05) is 5.32 Å². The van der Waals surface area contributed by atoms with Crippen LogP contribution in [0, 0.1) is 12.8 Å². The van der Waals surface area contributed by atoms with Crippen molar-refractivity contribution in [3.63, 3.8) is 0 Å². The van der Waals surface area contributed by atoms with Gasteiger partial charge >= 0.3 is 0 Å². The van der Waals surface area contributed by atoms with E-state index in [9.17, 15) is 13.2 Å². The van der Waals surface area contributed by atoms with Crippen LogP contribution in [-0.4, -0.2) is 25.4 Å². The van der Waals surface area contributed by atoms with Crippen molar-refractivity contribution in [3.8, 4) is 0 Å². The minimum absolute atomic E-state index is 0.0998. The second kappa shape index (κ2) is 8.07. The third-order valence-corrected chi connectivity index (χ3v) is 5.48. The van der Waals surface area contributed by atoms with Gasteiger partial charge in [0.25, 0.3) is 0 Å². The van der Waals surface area contributed by atoms with Crippen LogP contribution in [0.5, 0.6) is 0 Å².